The highest BCUT2D eigenvalue weighted by Crippen LogP contribution is 2.29. The minimum Gasteiger partial charge on any atom is -0.337 e. The summed E-state index contributed by atoms with van der Waals surface area (Å²) in [6, 6.07) is 11.0. The summed E-state index contributed by atoms with van der Waals surface area (Å²) in [5.41, 5.74) is 0. The summed E-state index contributed by atoms with van der Waals surface area (Å²) in [4.78, 5) is 15.0. The molecule has 0 bridgehead atoms. The van der Waals surface area contributed by atoms with Crippen LogP contribution in [-0.4, -0.2) is 49.7 Å². The van der Waals surface area contributed by atoms with Crippen LogP contribution < -0.4 is 0 Å². The Bertz CT molecular complexity index is 1160. The Labute approximate surface area is 171 Å². The number of carbonyl (C=O) groups is 1. The SMILES string of the molecule is O=C(c1cc2c(F)cccc2s1)N1CCCN(S(=O)(=O)c2ccc(F)cc2)CC1. The lowest BCUT2D eigenvalue weighted by atomic mass is 10.2. The molecule has 1 fully saturated rings. The van der Waals surface area contributed by atoms with E-state index in [1.54, 1.807) is 23.1 Å². The number of benzene rings is 2. The van der Waals surface area contributed by atoms with Crippen LogP contribution in [0.5, 0.6) is 0 Å². The van der Waals surface area contributed by atoms with Gasteiger partial charge in [0.05, 0.1) is 9.77 Å². The third-order valence-electron chi connectivity index (χ3n) is 4.91. The first kappa shape index (κ1) is 19.9. The molecule has 4 rings (SSSR count). The Morgan fingerprint density at radius 3 is 2.45 bits per heavy atom. The van der Waals surface area contributed by atoms with Gasteiger partial charge in [0.25, 0.3) is 5.91 Å². The lowest BCUT2D eigenvalue weighted by Gasteiger charge is -2.21. The number of rotatable bonds is 3. The van der Waals surface area contributed by atoms with Crippen LogP contribution in [-0.2, 0) is 10.0 Å². The second-order valence-electron chi connectivity index (χ2n) is 6.77. The quantitative estimate of drug-likeness (QED) is 0.629. The molecule has 0 unspecified atom stereocenters. The maximum Gasteiger partial charge on any atom is 0.264 e. The summed E-state index contributed by atoms with van der Waals surface area (Å²) < 4.78 is 54.7. The molecule has 9 heteroatoms. The molecule has 29 heavy (non-hydrogen) atoms. The van der Waals surface area contributed by atoms with Crippen LogP contribution in [0, 0.1) is 11.6 Å². The number of thiophene rings is 1. The summed E-state index contributed by atoms with van der Waals surface area (Å²) in [5, 5.41) is 0.413. The summed E-state index contributed by atoms with van der Waals surface area (Å²) in [6.07, 6.45) is 0.478. The average molecular weight is 437 g/mol. The van der Waals surface area contributed by atoms with Crippen molar-refractivity contribution in [2.45, 2.75) is 11.3 Å². The minimum atomic E-state index is -3.76. The van der Waals surface area contributed by atoms with Crippen molar-refractivity contribution in [2.75, 3.05) is 26.2 Å². The van der Waals surface area contributed by atoms with Gasteiger partial charge in [-0.25, -0.2) is 17.2 Å². The van der Waals surface area contributed by atoms with Gasteiger partial charge in [-0.1, -0.05) is 6.07 Å². The first-order valence-corrected chi connectivity index (χ1v) is 11.3. The second-order valence-corrected chi connectivity index (χ2v) is 9.79. The number of fused-ring (bicyclic) bond motifs is 1. The zero-order valence-electron chi connectivity index (χ0n) is 15.3. The molecule has 1 aliphatic heterocycles. The zero-order valence-corrected chi connectivity index (χ0v) is 17.0. The Kier molecular flexibility index (Phi) is 5.37. The van der Waals surface area contributed by atoms with Crippen molar-refractivity contribution in [3.05, 3.63) is 65.0 Å². The first-order chi connectivity index (χ1) is 13.9. The van der Waals surface area contributed by atoms with E-state index in [0.717, 1.165) is 12.1 Å². The Balaban J connectivity index is 1.51. The van der Waals surface area contributed by atoms with Crippen LogP contribution in [0.2, 0.25) is 0 Å². The van der Waals surface area contributed by atoms with Gasteiger partial charge in [-0.15, -0.1) is 11.3 Å². The van der Waals surface area contributed by atoms with Gasteiger partial charge >= 0.3 is 0 Å². The van der Waals surface area contributed by atoms with Gasteiger partial charge < -0.3 is 4.90 Å². The number of halogens is 2. The van der Waals surface area contributed by atoms with Gasteiger partial charge in [0.2, 0.25) is 10.0 Å². The highest BCUT2D eigenvalue weighted by Gasteiger charge is 2.29. The minimum absolute atomic E-state index is 0.0265. The molecular weight excluding hydrogens is 418 g/mol. The number of amides is 1. The van der Waals surface area contributed by atoms with Crippen LogP contribution in [0.1, 0.15) is 16.1 Å². The lowest BCUT2D eigenvalue weighted by molar-refractivity contribution is 0.0769. The monoisotopic (exact) mass is 436 g/mol. The molecule has 0 spiro atoms. The third-order valence-corrected chi connectivity index (χ3v) is 7.91. The zero-order chi connectivity index (χ0) is 20.6. The van der Waals surface area contributed by atoms with Crippen molar-refractivity contribution in [2.24, 2.45) is 0 Å². The van der Waals surface area contributed by atoms with Crippen molar-refractivity contribution in [3.63, 3.8) is 0 Å². The van der Waals surface area contributed by atoms with E-state index in [4.69, 9.17) is 0 Å². The fraction of sp³-hybridized carbons (Fsp3) is 0.250. The van der Waals surface area contributed by atoms with Gasteiger partial charge in [-0.05, 0) is 48.9 Å². The maximum atomic E-state index is 13.9. The van der Waals surface area contributed by atoms with Crippen LogP contribution in [0.15, 0.2) is 53.4 Å². The van der Waals surface area contributed by atoms with E-state index in [1.165, 1.54) is 33.8 Å². The molecule has 0 atom stereocenters. The summed E-state index contributed by atoms with van der Waals surface area (Å²) in [7, 11) is -3.76. The predicted octanol–water partition coefficient (Wildman–Crippen LogP) is 3.72. The molecule has 1 aliphatic rings. The molecule has 0 N–H and O–H groups in total. The first-order valence-electron chi connectivity index (χ1n) is 9.09. The van der Waals surface area contributed by atoms with Gasteiger partial charge in [-0.3, -0.25) is 4.79 Å². The lowest BCUT2D eigenvalue weighted by Crippen LogP contribution is -2.37. The molecule has 152 valence electrons. The maximum absolute atomic E-state index is 13.9. The van der Waals surface area contributed by atoms with E-state index < -0.39 is 15.8 Å². The van der Waals surface area contributed by atoms with E-state index in [1.807, 2.05) is 0 Å². The fourth-order valence-electron chi connectivity index (χ4n) is 3.38. The summed E-state index contributed by atoms with van der Waals surface area (Å²) in [5.74, 6) is -1.10. The normalized spacial score (nSPS) is 16.1. The molecule has 1 saturated heterocycles. The van der Waals surface area contributed by atoms with Crippen molar-refractivity contribution in [1.29, 1.82) is 0 Å². The van der Waals surface area contributed by atoms with Crippen molar-refractivity contribution >= 4 is 37.4 Å². The van der Waals surface area contributed by atoms with Gasteiger partial charge in [0.15, 0.2) is 0 Å². The number of hydrogen-bond donors (Lipinski definition) is 0. The molecule has 1 amide bonds. The van der Waals surface area contributed by atoms with Crippen molar-refractivity contribution < 1.29 is 22.0 Å². The highest BCUT2D eigenvalue weighted by atomic mass is 32.2. The highest BCUT2D eigenvalue weighted by molar-refractivity contribution is 7.89. The standard InChI is InChI=1S/C20H18F2N2O3S2/c21-14-5-7-15(8-6-14)29(26,27)24-10-2-9-23(11-12-24)20(25)19-13-16-17(22)3-1-4-18(16)28-19/h1,3-8,13H,2,9-12H2. The van der Waals surface area contributed by atoms with E-state index in [9.17, 15) is 22.0 Å². The van der Waals surface area contributed by atoms with E-state index in [-0.39, 0.29) is 36.3 Å². The van der Waals surface area contributed by atoms with Gasteiger partial charge in [0.1, 0.15) is 11.6 Å². The molecular formula is C20H18F2N2O3S2. The average Bonchev–Trinajstić information content (AvgIpc) is 2.98. The molecule has 1 aromatic heterocycles. The third kappa shape index (κ3) is 3.90. The largest absolute Gasteiger partial charge is 0.337 e. The Hall–Kier alpha value is -2.36. The molecule has 0 saturated carbocycles. The molecule has 3 aromatic rings. The van der Waals surface area contributed by atoms with E-state index >= 15 is 0 Å². The number of sulfonamides is 1. The summed E-state index contributed by atoms with van der Waals surface area (Å²) in [6.45, 7) is 1.05. The molecule has 2 aromatic carbocycles. The van der Waals surface area contributed by atoms with E-state index in [2.05, 4.69) is 0 Å². The van der Waals surface area contributed by atoms with Crippen molar-refractivity contribution in [1.82, 2.24) is 9.21 Å². The fourth-order valence-corrected chi connectivity index (χ4v) is 5.89. The molecule has 5 nitrogen and oxygen atoms in total. The van der Waals surface area contributed by atoms with Crippen LogP contribution in [0.25, 0.3) is 10.1 Å². The Morgan fingerprint density at radius 2 is 1.72 bits per heavy atom. The summed E-state index contributed by atoms with van der Waals surface area (Å²) >= 11 is 1.23. The van der Waals surface area contributed by atoms with Crippen LogP contribution >= 0.6 is 11.3 Å². The number of hydrogen-bond acceptors (Lipinski definition) is 4. The molecule has 0 aliphatic carbocycles. The molecule has 0 radical (unpaired) electrons. The number of nitrogens with zero attached hydrogens (tertiary/aromatic N) is 2. The van der Waals surface area contributed by atoms with Crippen LogP contribution in [0.4, 0.5) is 8.78 Å². The second kappa shape index (κ2) is 7.81. The van der Waals surface area contributed by atoms with Crippen LogP contribution in [0.3, 0.4) is 0 Å². The molecule has 2 heterocycles. The topological polar surface area (TPSA) is 57.7 Å². The predicted molar refractivity (Wildman–Crippen MR) is 107 cm³/mol. The number of carbonyl (C=O) groups excluding carboxylic acids is 1. The van der Waals surface area contributed by atoms with Gasteiger partial charge in [-0.2, -0.15) is 4.31 Å². The Morgan fingerprint density at radius 1 is 0.966 bits per heavy atom. The van der Waals surface area contributed by atoms with Crippen molar-refractivity contribution in [3.8, 4) is 0 Å². The van der Waals surface area contributed by atoms with E-state index in [0.29, 0.717) is 27.9 Å². The smallest absolute Gasteiger partial charge is 0.264 e. The van der Waals surface area contributed by atoms with Gasteiger partial charge in [0, 0.05) is 36.3 Å².